The van der Waals surface area contributed by atoms with E-state index in [4.69, 9.17) is 5.11 Å². The zero-order valence-electron chi connectivity index (χ0n) is 14.0. The highest BCUT2D eigenvalue weighted by Crippen LogP contribution is 2.22. The van der Waals surface area contributed by atoms with Gasteiger partial charge in [-0.05, 0) is 25.2 Å². The summed E-state index contributed by atoms with van der Waals surface area (Å²) in [7, 11) is -4.57. The number of hydrogen-bond donors (Lipinski definition) is 2. The number of amides is 2. The molecule has 0 radical (unpaired) electrons. The van der Waals surface area contributed by atoms with E-state index in [1.54, 1.807) is 4.90 Å². The monoisotopic (exact) mass is 378 g/mol. The van der Waals surface area contributed by atoms with Gasteiger partial charge in [0.05, 0.1) is 0 Å². The molecule has 0 aliphatic carbocycles. The maximum Gasteiger partial charge on any atom is 0.401 e. The zero-order valence-corrected chi connectivity index (χ0v) is 14.8. The van der Waals surface area contributed by atoms with Crippen LogP contribution in [-0.4, -0.2) is 67.5 Å². The Kier molecular flexibility index (Phi) is 6.01. The molecule has 10 nitrogen and oxygen atoms in total. The van der Waals surface area contributed by atoms with Gasteiger partial charge in [-0.3, -0.25) is 9.59 Å². The molecule has 2 N–H and O–H groups in total. The first kappa shape index (κ1) is 19.6. The molecule has 2 saturated heterocycles. The summed E-state index contributed by atoms with van der Waals surface area (Å²) >= 11 is 0. The Bertz CT molecular complexity index is 641. The number of likely N-dealkylation sites (tertiary alicyclic amines) is 1. The second kappa shape index (κ2) is 7.67. The summed E-state index contributed by atoms with van der Waals surface area (Å²) in [6, 6.07) is -0.882. The summed E-state index contributed by atoms with van der Waals surface area (Å²) < 4.78 is 31.3. The summed E-state index contributed by atoms with van der Waals surface area (Å²) in [6.07, 6.45) is -1.76. The first-order chi connectivity index (χ1) is 11.6. The van der Waals surface area contributed by atoms with Crippen LogP contribution in [-0.2, 0) is 33.1 Å². The van der Waals surface area contributed by atoms with Crippen LogP contribution in [0.2, 0.25) is 0 Å². The van der Waals surface area contributed by atoms with Crippen molar-refractivity contribution in [2.45, 2.75) is 51.4 Å². The predicted octanol–water partition coefficient (Wildman–Crippen LogP) is -0.747. The average molecular weight is 378 g/mol. The number of hydrogen-bond acceptors (Lipinski definition) is 7. The highest BCUT2D eigenvalue weighted by Gasteiger charge is 2.49. The molecule has 11 heteroatoms. The number of carbonyl (C=O) groups is 3. The summed E-state index contributed by atoms with van der Waals surface area (Å²) in [5, 5.41) is 11.4. The number of aliphatic carboxylic acids is 1. The first-order valence-electron chi connectivity index (χ1n) is 8.04. The Balaban J connectivity index is 2.12. The number of nitrogens with zero attached hydrogens (tertiary/aromatic N) is 1. The molecule has 2 aliphatic rings. The fourth-order valence-corrected chi connectivity index (χ4v) is 3.76. The van der Waals surface area contributed by atoms with Crippen molar-refractivity contribution in [1.29, 1.82) is 0 Å². The fourth-order valence-electron chi connectivity index (χ4n) is 2.83. The number of carboxylic acids is 1. The van der Waals surface area contributed by atoms with Crippen LogP contribution in [0.3, 0.4) is 0 Å². The van der Waals surface area contributed by atoms with E-state index >= 15 is 0 Å². The molecule has 2 amide bonds. The normalized spacial score (nSPS) is 26.6. The van der Waals surface area contributed by atoms with E-state index in [0.29, 0.717) is 19.5 Å². The van der Waals surface area contributed by atoms with Crippen molar-refractivity contribution in [1.82, 2.24) is 10.2 Å². The van der Waals surface area contributed by atoms with E-state index in [2.05, 4.69) is 13.7 Å². The van der Waals surface area contributed by atoms with E-state index in [1.807, 2.05) is 13.8 Å². The van der Waals surface area contributed by atoms with Crippen LogP contribution in [0, 0.1) is 5.92 Å². The molecule has 2 rings (SSSR count). The molecule has 3 atom stereocenters. The standard InChI is InChI=1S/C14H22N2O8S/c1-8(2)7-9(13(18)16-5-3-4-6-16)15-12(17)10-11(14(19)20)24-25(21,22)23-10/h8-11H,3-7H2,1-2H3,(H,15,17)(H,19,20)/t9-,10-,11-/m0/s1. The summed E-state index contributed by atoms with van der Waals surface area (Å²) in [4.78, 5) is 37.6. The number of rotatable bonds is 6. The summed E-state index contributed by atoms with van der Waals surface area (Å²) in [6.45, 7) is 4.93. The van der Waals surface area contributed by atoms with Gasteiger partial charge in [-0.25, -0.2) is 13.2 Å². The Morgan fingerprint density at radius 3 is 2.24 bits per heavy atom. The third-order valence-electron chi connectivity index (χ3n) is 3.96. The van der Waals surface area contributed by atoms with Gasteiger partial charge in [0.25, 0.3) is 5.91 Å². The minimum absolute atomic E-state index is 0.0802. The minimum atomic E-state index is -4.57. The van der Waals surface area contributed by atoms with Crippen LogP contribution in [0.4, 0.5) is 0 Å². The van der Waals surface area contributed by atoms with E-state index in [-0.39, 0.29) is 11.8 Å². The lowest BCUT2D eigenvalue weighted by Gasteiger charge is -2.26. The lowest BCUT2D eigenvalue weighted by atomic mass is 10.0. The van der Waals surface area contributed by atoms with Crippen LogP contribution in [0.1, 0.15) is 33.1 Å². The predicted molar refractivity (Wildman–Crippen MR) is 83.5 cm³/mol. The minimum Gasteiger partial charge on any atom is -0.479 e. The fraction of sp³-hybridized carbons (Fsp3) is 0.786. The summed E-state index contributed by atoms with van der Waals surface area (Å²) in [5.74, 6) is -2.84. The van der Waals surface area contributed by atoms with Gasteiger partial charge in [-0.1, -0.05) is 13.8 Å². The van der Waals surface area contributed by atoms with Gasteiger partial charge >= 0.3 is 16.4 Å². The highest BCUT2D eigenvalue weighted by atomic mass is 32.3. The molecular weight excluding hydrogens is 356 g/mol. The van der Waals surface area contributed by atoms with Crippen LogP contribution >= 0.6 is 0 Å². The molecule has 0 spiro atoms. The Morgan fingerprint density at radius 2 is 1.72 bits per heavy atom. The molecule has 0 aromatic carbocycles. The largest absolute Gasteiger partial charge is 0.479 e. The van der Waals surface area contributed by atoms with Gasteiger partial charge in [0.15, 0.2) is 6.10 Å². The summed E-state index contributed by atoms with van der Waals surface area (Å²) in [5.41, 5.74) is 0. The van der Waals surface area contributed by atoms with E-state index < -0.39 is 40.5 Å². The van der Waals surface area contributed by atoms with Crippen LogP contribution in [0.25, 0.3) is 0 Å². The molecule has 2 fully saturated rings. The molecule has 2 aliphatic heterocycles. The van der Waals surface area contributed by atoms with Gasteiger partial charge in [0, 0.05) is 13.1 Å². The lowest BCUT2D eigenvalue weighted by Crippen LogP contribution is -2.53. The van der Waals surface area contributed by atoms with Gasteiger partial charge in [0.2, 0.25) is 12.0 Å². The number of nitrogens with one attached hydrogen (secondary N) is 1. The number of carbonyl (C=O) groups excluding carboxylic acids is 2. The van der Waals surface area contributed by atoms with E-state index in [1.165, 1.54) is 0 Å². The van der Waals surface area contributed by atoms with Crippen molar-refractivity contribution in [2.24, 2.45) is 5.92 Å². The number of carboxylic acid groups (broad SMARTS) is 1. The Morgan fingerprint density at radius 1 is 1.16 bits per heavy atom. The third kappa shape index (κ3) is 4.89. The van der Waals surface area contributed by atoms with Crippen molar-refractivity contribution in [3.8, 4) is 0 Å². The topological polar surface area (TPSA) is 139 Å². The smallest absolute Gasteiger partial charge is 0.401 e. The first-order valence-corrected chi connectivity index (χ1v) is 9.37. The lowest BCUT2D eigenvalue weighted by molar-refractivity contribution is -0.150. The van der Waals surface area contributed by atoms with Crippen molar-refractivity contribution in [2.75, 3.05) is 13.1 Å². The Hall–Kier alpha value is -1.72. The molecule has 2 heterocycles. The molecule has 142 valence electrons. The van der Waals surface area contributed by atoms with E-state index in [0.717, 1.165) is 12.8 Å². The molecule has 25 heavy (non-hydrogen) atoms. The van der Waals surface area contributed by atoms with Crippen molar-refractivity contribution < 1.29 is 36.3 Å². The molecular formula is C14H22N2O8S. The van der Waals surface area contributed by atoms with Gasteiger partial charge in [0.1, 0.15) is 6.04 Å². The molecule has 0 aromatic rings. The quantitative estimate of drug-likeness (QED) is 0.616. The van der Waals surface area contributed by atoms with Crippen molar-refractivity contribution in [3.63, 3.8) is 0 Å². The second-order valence-electron chi connectivity index (χ2n) is 6.50. The zero-order chi connectivity index (χ0) is 18.8. The third-order valence-corrected chi connectivity index (χ3v) is 4.85. The molecule has 0 unspecified atom stereocenters. The van der Waals surface area contributed by atoms with Crippen LogP contribution in [0.5, 0.6) is 0 Å². The van der Waals surface area contributed by atoms with Gasteiger partial charge in [-0.15, -0.1) is 0 Å². The molecule has 0 saturated carbocycles. The molecule has 0 bridgehead atoms. The van der Waals surface area contributed by atoms with Crippen molar-refractivity contribution >= 4 is 28.2 Å². The Labute approximate surface area is 145 Å². The maximum absolute atomic E-state index is 12.6. The average Bonchev–Trinajstić information content (AvgIpc) is 3.12. The van der Waals surface area contributed by atoms with Crippen LogP contribution < -0.4 is 5.32 Å². The molecule has 0 aromatic heterocycles. The van der Waals surface area contributed by atoms with Gasteiger partial charge in [-0.2, -0.15) is 8.42 Å². The van der Waals surface area contributed by atoms with Crippen molar-refractivity contribution in [3.05, 3.63) is 0 Å². The second-order valence-corrected chi connectivity index (χ2v) is 7.70. The van der Waals surface area contributed by atoms with Crippen LogP contribution in [0.15, 0.2) is 0 Å². The SMILES string of the molecule is CC(C)C[C@H](NC(=O)[C@H]1OS(=O)(=O)O[C@@H]1C(=O)O)C(=O)N1CCCC1. The van der Waals surface area contributed by atoms with Gasteiger partial charge < -0.3 is 15.3 Å². The highest BCUT2D eigenvalue weighted by molar-refractivity contribution is 7.82. The van der Waals surface area contributed by atoms with E-state index in [9.17, 15) is 22.8 Å². The maximum atomic E-state index is 12.6.